The number of ether oxygens (including phenoxy) is 8. The zero-order chi connectivity index (χ0) is 61.1. The number of rotatable bonds is 10. The molecule has 0 N–H and O–H groups in total. The number of carbonyl (C=O) groups excluding carboxylic acids is 8. The molecule has 16 nitrogen and oxygen atoms in total. The van der Waals surface area contributed by atoms with Crippen molar-refractivity contribution in [2.75, 3.05) is 70.1 Å². The summed E-state index contributed by atoms with van der Waals surface area (Å²) in [5.41, 5.74) is 0.0417. The molecule has 0 spiro atoms. The van der Waals surface area contributed by atoms with E-state index < -0.39 is 0 Å². The summed E-state index contributed by atoms with van der Waals surface area (Å²) in [5, 5.41) is 0. The van der Waals surface area contributed by atoms with Crippen LogP contribution in [0.15, 0.2) is 0 Å². The van der Waals surface area contributed by atoms with Gasteiger partial charge < -0.3 is 52.3 Å². The summed E-state index contributed by atoms with van der Waals surface area (Å²) >= 11 is 0. The van der Waals surface area contributed by atoms with Gasteiger partial charge in [0.15, 0.2) is 0 Å². The van der Waals surface area contributed by atoms with E-state index in [1.807, 2.05) is 132 Å². The molecular formula is C55H122O16. The van der Waals surface area contributed by atoms with Crippen molar-refractivity contribution in [2.45, 2.75) is 231 Å². The average molecular weight is 1040 g/mol. The molecular weight excluding hydrogens is 917 g/mol. The van der Waals surface area contributed by atoms with Crippen LogP contribution in [0.1, 0.15) is 207 Å². The third-order valence-electron chi connectivity index (χ3n) is 6.26. The van der Waals surface area contributed by atoms with Crippen molar-refractivity contribution in [3.63, 3.8) is 0 Å². The van der Waals surface area contributed by atoms with Crippen molar-refractivity contribution >= 4 is 46.6 Å². The van der Waals surface area contributed by atoms with E-state index in [0.717, 1.165) is 13.2 Å². The Balaban J connectivity index is -0.0000000412. The lowest BCUT2D eigenvalue weighted by molar-refractivity contribution is -0.144. The van der Waals surface area contributed by atoms with Crippen LogP contribution < -0.4 is 0 Å². The van der Waals surface area contributed by atoms with Gasteiger partial charge in [-0.1, -0.05) is 55.4 Å². The maximum Gasteiger partial charge on any atom is 0.302 e. The Morgan fingerprint density at radius 3 is 0.521 bits per heavy atom. The minimum atomic E-state index is -0.245. The van der Waals surface area contributed by atoms with Crippen molar-refractivity contribution in [1.82, 2.24) is 0 Å². The quantitative estimate of drug-likeness (QED) is 0.186. The molecule has 0 aliphatic rings. The predicted octanol–water partition coefficient (Wildman–Crippen LogP) is 12.5. The van der Waals surface area contributed by atoms with E-state index in [9.17, 15) is 38.4 Å². The zero-order valence-corrected chi connectivity index (χ0v) is 53.3. The topological polar surface area (TPSA) is 210 Å². The SMILES string of the molecule is CC(=O)C(C)C.CC(=O)C(C)C.CC(=O)C(C)C.CC(=O)OC(C)C.CC(C)=O.CCC(C)=O.CCC(C)=O.CCOC.CCOC.COC.COC(C)(C)C.COC(C)=O.COC(C)C.COC(C)C. The number of hydrogen-bond donors (Lipinski definition) is 0. The van der Waals surface area contributed by atoms with E-state index in [4.69, 9.17) is 14.2 Å². The third-order valence-corrected chi connectivity index (χ3v) is 6.26. The van der Waals surface area contributed by atoms with Crippen LogP contribution in [0.25, 0.3) is 0 Å². The number of Topliss-reactive ketones (excluding diaryl/α,β-unsaturated/α-hetero) is 6. The van der Waals surface area contributed by atoms with Gasteiger partial charge in [0.1, 0.15) is 34.7 Å². The minimum Gasteiger partial charge on any atom is -0.469 e. The Kier molecular flexibility index (Phi) is 132. The highest BCUT2D eigenvalue weighted by molar-refractivity contribution is 5.78. The van der Waals surface area contributed by atoms with Crippen LogP contribution in [0.3, 0.4) is 0 Å². The normalized spacial score (nSPS) is 8.65. The first kappa shape index (κ1) is 104. The van der Waals surface area contributed by atoms with Crippen molar-refractivity contribution in [3.8, 4) is 0 Å². The zero-order valence-electron chi connectivity index (χ0n) is 53.3. The Hall–Kier alpha value is -3.28. The second-order valence-electron chi connectivity index (χ2n) is 17.1. The van der Waals surface area contributed by atoms with Crippen LogP contribution in [0, 0.1) is 17.8 Å². The predicted molar refractivity (Wildman–Crippen MR) is 299 cm³/mol. The summed E-state index contributed by atoms with van der Waals surface area (Å²) in [6, 6.07) is 0. The van der Waals surface area contributed by atoms with Gasteiger partial charge in [-0.3, -0.25) is 24.0 Å². The fourth-order valence-corrected chi connectivity index (χ4v) is 0.332. The number of esters is 2. The summed E-state index contributed by atoms with van der Waals surface area (Å²) < 4.78 is 36.5. The fourth-order valence-electron chi connectivity index (χ4n) is 0.332. The molecule has 16 heteroatoms. The van der Waals surface area contributed by atoms with Gasteiger partial charge in [0.2, 0.25) is 0 Å². The highest BCUT2D eigenvalue weighted by Crippen LogP contribution is 2.02. The molecule has 0 amide bonds. The molecule has 0 aliphatic heterocycles. The molecule has 0 bridgehead atoms. The monoisotopic (exact) mass is 1040 g/mol. The molecule has 438 valence electrons. The molecule has 0 fully saturated rings. The van der Waals surface area contributed by atoms with Gasteiger partial charge in [0.25, 0.3) is 0 Å². The molecule has 0 aromatic rings. The molecule has 0 saturated carbocycles. The highest BCUT2D eigenvalue weighted by Gasteiger charge is 2.04. The lowest BCUT2D eigenvalue weighted by Gasteiger charge is -2.14. The van der Waals surface area contributed by atoms with Crippen molar-refractivity contribution in [3.05, 3.63) is 0 Å². The first-order chi connectivity index (χ1) is 31.9. The van der Waals surface area contributed by atoms with Crippen LogP contribution in [-0.4, -0.2) is 141 Å². The standard InChI is InChI=1S/C5H10O2.C5H12O.3C5H10O.2C4H10O.2C4H8O.C3H6O2.2C3H8O.C3H6O.C2H6O/c1-4(2)7-5(3)6;1-5(2,3)6-4;3*1-4(2)5(3)6;2*1-4(2)5-3;2*1-3-4(2)5;1-3(4)5-2;2*1-3-4-2;1-3(2)4;1-3-2/h4H,1-3H3;1-4H3;3*4H,1-3H3;2*4H,1-3H3;2*3H2,1-2H3;1-2H3;2*3H2,1-2H3;1-2H3;1-2H3. The molecule has 71 heavy (non-hydrogen) atoms. The smallest absolute Gasteiger partial charge is 0.302 e. The molecule has 0 saturated heterocycles. The van der Waals surface area contributed by atoms with Gasteiger partial charge >= 0.3 is 11.9 Å². The second-order valence-corrected chi connectivity index (χ2v) is 17.1. The number of methoxy groups -OCH3 is 7. The van der Waals surface area contributed by atoms with Crippen LogP contribution in [-0.2, 0) is 76.3 Å². The van der Waals surface area contributed by atoms with E-state index in [-0.39, 0.29) is 76.1 Å². The number of ketones is 6. The maximum absolute atomic E-state index is 10.1. The van der Waals surface area contributed by atoms with Crippen LogP contribution >= 0.6 is 0 Å². The van der Waals surface area contributed by atoms with Gasteiger partial charge in [-0.05, 0) is 125 Å². The maximum atomic E-state index is 10.1. The first-order valence-corrected chi connectivity index (χ1v) is 24.1. The largest absolute Gasteiger partial charge is 0.469 e. The molecule has 0 heterocycles. The molecule has 0 atom stereocenters. The van der Waals surface area contributed by atoms with Crippen molar-refractivity contribution < 1.29 is 76.3 Å². The second kappa shape index (κ2) is 89.6. The van der Waals surface area contributed by atoms with Crippen LogP contribution in [0.2, 0.25) is 0 Å². The minimum absolute atomic E-state index is 0.0255. The number of carbonyl (C=O) groups is 8. The van der Waals surface area contributed by atoms with Crippen LogP contribution in [0.4, 0.5) is 0 Å². The van der Waals surface area contributed by atoms with Gasteiger partial charge in [-0.15, -0.1) is 0 Å². The summed E-state index contributed by atoms with van der Waals surface area (Å²) in [5.74, 6) is 1.63. The first-order valence-electron chi connectivity index (χ1n) is 24.1. The average Bonchev–Trinajstić information content (AvgIpc) is 3.24. The van der Waals surface area contributed by atoms with E-state index in [0.29, 0.717) is 25.0 Å². The Labute approximate surface area is 440 Å². The van der Waals surface area contributed by atoms with E-state index >= 15 is 0 Å². The lowest BCUT2D eigenvalue weighted by Crippen LogP contribution is -2.15. The lowest BCUT2D eigenvalue weighted by atomic mass is 10.1. The molecule has 0 rings (SSSR count). The summed E-state index contributed by atoms with van der Waals surface area (Å²) in [6.45, 7) is 52.1. The van der Waals surface area contributed by atoms with Crippen molar-refractivity contribution in [2.24, 2.45) is 17.8 Å². The molecule has 0 aliphatic carbocycles. The van der Waals surface area contributed by atoms with E-state index in [1.165, 1.54) is 34.8 Å². The Bertz CT molecular complexity index is 979. The Morgan fingerprint density at radius 1 is 0.394 bits per heavy atom. The summed E-state index contributed by atoms with van der Waals surface area (Å²) in [4.78, 5) is 79.1. The van der Waals surface area contributed by atoms with Crippen LogP contribution in [0.5, 0.6) is 0 Å². The van der Waals surface area contributed by atoms with Gasteiger partial charge in [0, 0.05) is 107 Å². The fraction of sp³-hybridized carbons (Fsp3) is 0.855. The molecule has 0 aromatic heterocycles. The van der Waals surface area contributed by atoms with E-state index in [1.54, 1.807) is 84.4 Å². The molecule has 0 radical (unpaired) electrons. The van der Waals surface area contributed by atoms with Gasteiger partial charge in [-0.2, -0.15) is 0 Å². The molecule has 0 aromatic carbocycles. The number of hydrogen-bond acceptors (Lipinski definition) is 16. The van der Waals surface area contributed by atoms with Gasteiger partial charge in [-0.25, -0.2) is 0 Å². The Morgan fingerprint density at radius 2 is 0.521 bits per heavy atom. The highest BCUT2D eigenvalue weighted by atomic mass is 16.5. The van der Waals surface area contributed by atoms with Crippen molar-refractivity contribution in [1.29, 1.82) is 0 Å². The summed E-state index contributed by atoms with van der Waals surface area (Å²) in [7, 11) is 13.1. The van der Waals surface area contributed by atoms with E-state index in [2.05, 4.69) is 23.7 Å². The third kappa shape index (κ3) is 364. The van der Waals surface area contributed by atoms with Gasteiger partial charge in [0.05, 0.1) is 31.0 Å². The summed E-state index contributed by atoms with van der Waals surface area (Å²) in [6.07, 6.45) is 2.13. The molecule has 0 unspecified atom stereocenters.